The molecule has 3 N–H and O–H groups in total. The summed E-state index contributed by atoms with van der Waals surface area (Å²) >= 11 is 0. The van der Waals surface area contributed by atoms with Crippen molar-refractivity contribution < 1.29 is 13.9 Å². The summed E-state index contributed by atoms with van der Waals surface area (Å²) in [6, 6.07) is 12.7. The normalized spacial score (nSPS) is 10.1. The number of amides is 1. The third-order valence-corrected chi connectivity index (χ3v) is 2.59. The number of benzene rings is 2. The second-order valence-electron chi connectivity index (χ2n) is 4.23. The summed E-state index contributed by atoms with van der Waals surface area (Å²) in [5, 5.41) is 2.60. The Hall–Kier alpha value is -2.56. The van der Waals surface area contributed by atoms with Crippen LogP contribution in [0, 0.1) is 5.82 Å². The molecule has 0 saturated heterocycles. The van der Waals surface area contributed by atoms with Crippen molar-refractivity contribution in [2.75, 3.05) is 17.7 Å². The molecule has 0 aliphatic carbocycles. The highest BCUT2D eigenvalue weighted by Gasteiger charge is 2.03. The number of carbonyl (C=O) groups is 1. The van der Waals surface area contributed by atoms with Gasteiger partial charge in [-0.2, -0.15) is 0 Å². The molecule has 20 heavy (non-hydrogen) atoms. The van der Waals surface area contributed by atoms with E-state index in [9.17, 15) is 9.18 Å². The van der Waals surface area contributed by atoms with Crippen LogP contribution in [0.1, 0.15) is 6.42 Å². The van der Waals surface area contributed by atoms with Crippen LogP contribution < -0.4 is 15.8 Å². The summed E-state index contributed by atoms with van der Waals surface area (Å²) < 4.78 is 18.3. The van der Waals surface area contributed by atoms with Crippen LogP contribution in [0.3, 0.4) is 0 Å². The zero-order valence-corrected chi connectivity index (χ0v) is 10.8. The van der Waals surface area contributed by atoms with Gasteiger partial charge in [-0.15, -0.1) is 0 Å². The van der Waals surface area contributed by atoms with Gasteiger partial charge in [-0.05, 0) is 42.5 Å². The lowest BCUT2D eigenvalue weighted by Gasteiger charge is -2.07. The third kappa shape index (κ3) is 4.28. The second kappa shape index (κ2) is 6.56. The van der Waals surface area contributed by atoms with Crippen molar-refractivity contribution in [2.45, 2.75) is 6.42 Å². The molecule has 2 aromatic carbocycles. The quantitative estimate of drug-likeness (QED) is 0.824. The first-order valence-corrected chi connectivity index (χ1v) is 6.17. The monoisotopic (exact) mass is 274 g/mol. The molecule has 0 aromatic heterocycles. The Morgan fingerprint density at radius 1 is 1.20 bits per heavy atom. The smallest absolute Gasteiger partial charge is 0.227 e. The van der Waals surface area contributed by atoms with E-state index >= 15 is 0 Å². The van der Waals surface area contributed by atoms with Gasteiger partial charge in [0.25, 0.3) is 0 Å². The summed E-state index contributed by atoms with van der Waals surface area (Å²) in [6.07, 6.45) is 0.181. The lowest BCUT2D eigenvalue weighted by Crippen LogP contribution is -2.15. The number of rotatable bonds is 5. The SMILES string of the molecule is Nc1ccc(OCCC(=O)Nc2cccc(F)c2)cc1. The summed E-state index contributed by atoms with van der Waals surface area (Å²) in [7, 11) is 0. The van der Waals surface area contributed by atoms with Crippen molar-refractivity contribution in [3.8, 4) is 5.75 Å². The highest BCUT2D eigenvalue weighted by Crippen LogP contribution is 2.13. The highest BCUT2D eigenvalue weighted by molar-refractivity contribution is 5.90. The van der Waals surface area contributed by atoms with Crippen molar-refractivity contribution in [3.05, 3.63) is 54.3 Å². The molecule has 0 atom stereocenters. The van der Waals surface area contributed by atoms with E-state index in [0.717, 1.165) is 0 Å². The molecule has 0 saturated carbocycles. The minimum Gasteiger partial charge on any atom is -0.493 e. The molecule has 0 fully saturated rings. The van der Waals surface area contributed by atoms with E-state index in [4.69, 9.17) is 10.5 Å². The van der Waals surface area contributed by atoms with Gasteiger partial charge in [0.15, 0.2) is 0 Å². The van der Waals surface area contributed by atoms with Crippen LogP contribution in [-0.4, -0.2) is 12.5 Å². The molecular formula is C15H15FN2O2. The Morgan fingerprint density at radius 3 is 2.65 bits per heavy atom. The Labute approximate surface area is 116 Å². The predicted octanol–water partition coefficient (Wildman–Crippen LogP) is 2.82. The molecule has 0 aliphatic rings. The summed E-state index contributed by atoms with van der Waals surface area (Å²) in [6.45, 7) is 0.241. The van der Waals surface area contributed by atoms with Crippen LogP contribution in [0.5, 0.6) is 5.75 Å². The van der Waals surface area contributed by atoms with Gasteiger partial charge in [-0.3, -0.25) is 4.79 Å². The number of nitrogen functional groups attached to an aromatic ring is 1. The molecule has 5 heteroatoms. The molecule has 0 radical (unpaired) electrons. The maximum Gasteiger partial charge on any atom is 0.227 e. The van der Waals surface area contributed by atoms with E-state index in [2.05, 4.69) is 5.32 Å². The van der Waals surface area contributed by atoms with Gasteiger partial charge >= 0.3 is 0 Å². The number of ether oxygens (including phenoxy) is 1. The molecule has 2 aromatic rings. The fraction of sp³-hybridized carbons (Fsp3) is 0.133. The predicted molar refractivity (Wildman–Crippen MR) is 76.0 cm³/mol. The second-order valence-corrected chi connectivity index (χ2v) is 4.23. The number of nitrogens with one attached hydrogen (secondary N) is 1. The molecule has 4 nitrogen and oxygen atoms in total. The Bertz CT molecular complexity index is 585. The topological polar surface area (TPSA) is 64.3 Å². The van der Waals surface area contributed by atoms with E-state index in [1.54, 1.807) is 30.3 Å². The molecular weight excluding hydrogens is 259 g/mol. The summed E-state index contributed by atoms with van der Waals surface area (Å²) in [5.41, 5.74) is 6.64. The summed E-state index contributed by atoms with van der Waals surface area (Å²) in [5.74, 6) is 0.0322. The molecule has 2 rings (SSSR count). The standard InChI is InChI=1S/C15H15FN2O2/c16-11-2-1-3-13(10-11)18-15(19)8-9-20-14-6-4-12(17)5-7-14/h1-7,10H,8-9,17H2,(H,18,19). The van der Waals surface area contributed by atoms with Crippen LogP contribution in [0.2, 0.25) is 0 Å². The fourth-order valence-corrected chi connectivity index (χ4v) is 1.62. The Balaban J connectivity index is 1.76. The molecule has 0 spiro atoms. The van der Waals surface area contributed by atoms with Crippen LogP contribution in [-0.2, 0) is 4.79 Å². The first kappa shape index (κ1) is 13.9. The van der Waals surface area contributed by atoms with Crippen LogP contribution >= 0.6 is 0 Å². The third-order valence-electron chi connectivity index (χ3n) is 2.59. The largest absolute Gasteiger partial charge is 0.493 e. The van der Waals surface area contributed by atoms with Crippen LogP contribution in [0.15, 0.2) is 48.5 Å². The van der Waals surface area contributed by atoms with Gasteiger partial charge in [0.05, 0.1) is 13.0 Å². The van der Waals surface area contributed by atoms with Crippen LogP contribution in [0.4, 0.5) is 15.8 Å². The van der Waals surface area contributed by atoms with Gasteiger partial charge in [0.2, 0.25) is 5.91 Å². The molecule has 1 amide bonds. The van der Waals surface area contributed by atoms with Crippen LogP contribution in [0.25, 0.3) is 0 Å². The maximum atomic E-state index is 12.9. The first-order valence-electron chi connectivity index (χ1n) is 6.17. The minimum atomic E-state index is -0.388. The van der Waals surface area contributed by atoms with E-state index in [1.807, 2.05) is 0 Å². The number of hydrogen-bond acceptors (Lipinski definition) is 3. The first-order chi connectivity index (χ1) is 9.63. The van der Waals surface area contributed by atoms with Crippen molar-refractivity contribution in [1.29, 1.82) is 0 Å². The zero-order chi connectivity index (χ0) is 14.4. The van der Waals surface area contributed by atoms with Crippen molar-refractivity contribution in [2.24, 2.45) is 0 Å². The number of halogens is 1. The van der Waals surface area contributed by atoms with E-state index in [1.165, 1.54) is 18.2 Å². The maximum absolute atomic E-state index is 12.9. The van der Waals surface area contributed by atoms with Crippen molar-refractivity contribution in [1.82, 2.24) is 0 Å². The summed E-state index contributed by atoms with van der Waals surface area (Å²) in [4.78, 5) is 11.6. The lowest BCUT2D eigenvalue weighted by molar-refractivity contribution is -0.116. The van der Waals surface area contributed by atoms with Gasteiger partial charge < -0.3 is 15.8 Å². The van der Waals surface area contributed by atoms with Gasteiger partial charge in [-0.1, -0.05) is 6.07 Å². The molecule has 0 unspecified atom stereocenters. The molecule has 0 bridgehead atoms. The van der Waals surface area contributed by atoms with E-state index < -0.39 is 0 Å². The minimum absolute atomic E-state index is 0.181. The number of hydrogen-bond donors (Lipinski definition) is 2. The Kier molecular flexibility index (Phi) is 4.55. The number of anilines is 2. The molecule has 0 aliphatic heterocycles. The van der Waals surface area contributed by atoms with Crippen molar-refractivity contribution in [3.63, 3.8) is 0 Å². The Morgan fingerprint density at radius 2 is 1.95 bits per heavy atom. The number of carbonyl (C=O) groups excluding carboxylic acids is 1. The zero-order valence-electron chi connectivity index (χ0n) is 10.8. The molecule has 104 valence electrons. The van der Waals surface area contributed by atoms with Crippen molar-refractivity contribution >= 4 is 17.3 Å². The average Bonchev–Trinajstić information content (AvgIpc) is 2.41. The number of nitrogens with two attached hydrogens (primary N) is 1. The lowest BCUT2D eigenvalue weighted by atomic mass is 10.3. The average molecular weight is 274 g/mol. The fourth-order valence-electron chi connectivity index (χ4n) is 1.62. The highest BCUT2D eigenvalue weighted by atomic mass is 19.1. The van der Waals surface area contributed by atoms with E-state index in [-0.39, 0.29) is 24.8 Å². The van der Waals surface area contributed by atoms with Gasteiger partial charge in [-0.25, -0.2) is 4.39 Å². The van der Waals surface area contributed by atoms with E-state index in [0.29, 0.717) is 17.1 Å². The van der Waals surface area contributed by atoms with Gasteiger partial charge in [0, 0.05) is 11.4 Å². The van der Waals surface area contributed by atoms with Gasteiger partial charge in [0.1, 0.15) is 11.6 Å². The molecule has 0 heterocycles.